The zero-order chi connectivity index (χ0) is 17.1. The van der Waals surface area contributed by atoms with E-state index in [9.17, 15) is 13.9 Å². The largest absolute Gasteiger partial charge is 0.386 e. The quantitative estimate of drug-likeness (QED) is 0.751. The van der Waals surface area contributed by atoms with Crippen LogP contribution in [0.3, 0.4) is 0 Å². The highest BCUT2D eigenvalue weighted by Gasteiger charge is 2.17. The lowest BCUT2D eigenvalue weighted by molar-refractivity contribution is 0.181. The maximum absolute atomic E-state index is 13.6. The number of nitrogens with one attached hydrogen (secondary N) is 1. The van der Waals surface area contributed by atoms with E-state index in [0.717, 1.165) is 17.8 Å². The van der Waals surface area contributed by atoms with Crippen LogP contribution in [0, 0.1) is 18.6 Å². The van der Waals surface area contributed by atoms with Gasteiger partial charge in [-0.05, 0) is 37.3 Å². The van der Waals surface area contributed by atoms with E-state index in [1.807, 2.05) is 13.0 Å². The van der Waals surface area contributed by atoms with E-state index in [1.54, 1.807) is 23.0 Å². The molecule has 2 N–H and O–H groups in total. The van der Waals surface area contributed by atoms with Crippen molar-refractivity contribution in [2.75, 3.05) is 11.9 Å². The number of aryl methyl sites for hydroxylation is 1. The van der Waals surface area contributed by atoms with Crippen molar-refractivity contribution >= 4 is 5.82 Å². The highest BCUT2D eigenvalue weighted by Crippen LogP contribution is 2.21. The number of aliphatic hydroxyl groups is 1. The topological polar surface area (TPSA) is 75.9 Å². The summed E-state index contributed by atoms with van der Waals surface area (Å²) in [6.45, 7) is 1.76. The number of nitrogens with zero attached hydrogens (tertiary/aromatic N) is 4. The molecule has 24 heavy (non-hydrogen) atoms. The SMILES string of the molecule is Cc1ccn(-c2ccc(NCC(O)c3c(F)cccc3F)nn2)n1. The van der Waals surface area contributed by atoms with Crippen LogP contribution in [0.2, 0.25) is 0 Å². The van der Waals surface area contributed by atoms with Gasteiger partial charge in [0.1, 0.15) is 23.6 Å². The van der Waals surface area contributed by atoms with Gasteiger partial charge in [-0.15, -0.1) is 10.2 Å². The van der Waals surface area contributed by atoms with Gasteiger partial charge in [-0.1, -0.05) is 6.07 Å². The normalized spacial score (nSPS) is 12.2. The number of rotatable bonds is 5. The van der Waals surface area contributed by atoms with E-state index in [-0.39, 0.29) is 12.1 Å². The average molecular weight is 331 g/mol. The lowest BCUT2D eigenvalue weighted by Gasteiger charge is -2.14. The number of aliphatic hydroxyl groups excluding tert-OH is 1. The third-order valence-electron chi connectivity index (χ3n) is 3.42. The number of aromatic nitrogens is 4. The second-order valence-electron chi connectivity index (χ2n) is 5.21. The predicted molar refractivity (Wildman–Crippen MR) is 83.7 cm³/mol. The van der Waals surface area contributed by atoms with Crippen molar-refractivity contribution < 1.29 is 13.9 Å². The summed E-state index contributed by atoms with van der Waals surface area (Å²) < 4.78 is 28.8. The third-order valence-corrected chi connectivity index (χ3v) is 3.42. The predicted octanol–water partition coefficient (Wildman–Crippen LogP) is 2.39. The molecule has 0 aliphatic rings. The zero-order valence-corrected chi connectivity index (χ0v) is 12.8. The van der Waals surface area contributed by atoms with Gasteiger partial charge < -0.3 is 10.4 Å². The molecule has 124 valence electrons. The van der Waals surface area contributed by atoms with Crippen LogP contribution in [0.15, 0.2) is 42.6 Å². The van der Waals surface area contributed by atoms with E-state index >= 15 is 0 Å². The van der Waals surface area contributed by atoms with Crippen LogP contribution in [0.4, 0.5) is 14.6 Å². The summed E-state index contributed by atoms with van der Waals surface area (Å²) in [6, 6.07) is 8.62. The van der Waals surface area contributed by atoms with Crippen molar-refractivity contribution in [3.05, 3.63) is 65.5 Å². The molecular weight excluding hydrogens is 316 g/mol. The minimum absolute atomic E-state index is 0.104. The first-order valence-electron chi connectivity index (χ1n) is 7.27. The summed E-state index contributed by atoms with van der Waals surface area (Å²) in [5.41, 5.74) is 0.482. The Balaban J connectivity index is 1.66. The second kappa shape index (κ2) is 6.71. The van der Waals surface area contributed by atoms with Crippen molar-refractivity contribution in [2.45, 2.75) is 13.0 Å². The molecule has 0 fully saturated rings. The highest BCUT2D eigenvalue weighted by molar-refractivity contribution is 5.37. The lowest BCUT2D eigenvalue weighted by atomic mass is 10.1. The highest BCUT2D eigenvalue weighted by atomic mass is 19.1. The summed E-state index contributed by atoms with van der Waals surface area (Å²) in [7, 11) is 0. The number of halogens is 2. The van der Waals surface area contributed by atoms with Crippen LogP contribution in [0.1, 0.15) is 17.4 Å². The molecule has 0 bridgehead atoms. The Morgan fingerprint density at radius 1 is 1.12 bits per heavy atom. The van der Waals surface area contributed by atoms with Crippen LogP contribution in [-0.2, 0) is 0 Å². The molecule has 0 amide bonds. The molecule has 3 rings (SSSR count). The number of hydrogen-bond acceptors (Lipinski definition) is 5. The molecule has 1 unspecified atom stereocenters. The zero-order valence-electron chi connectivity index (χ0n) is 12.8. The van der Waals surface area contributed by atoms with Crippen LogP contribution < -0.4 is 5.32 Å². The minimum atomic E-state index is -1.35. The minimum Gasteiger partial charge on any atom is -0.386 e. The molecule has 0 saturated carbocycles. The average Bonchev–Trinajstić information content (AvgIpc) is 3.00. The first-order chi connectivity index (χ1) is 11.5. The molecule has 3 aromatic rings. The Labute approximate surface area is 136 Å². The molecule has 0 saturated heterocycles. The van der Waals surface area contributed by atoms with Gasteiger partial charge in [-0.2, -0.15) is 5.10 Å². The molecule has 0 spiro atoms. The Morgan fingerprint density at radius 2 is 1.88 bits per heavy atom. The Bertz CT molecular complexity index is 814. The van der Waals surface area contributed by atoms with Gasteiger partial charge in [-0.25, -0.2) is 13.5 Å². The van der Waals surface area contributed by atoms with Crippen molar-refractivity contribution in [2.24, 2.45) is 0 Å². The lowest BCUT2D eigenvalue weighted by Crippen LogP contribution is -2.16. The summed E-state index contributed by atoms with van der Waals surface area (Å²) in [6.07, 6.45) is 0.415. The first-order valence-corrected chi connectivity index (χ1v) is 7.27. The van der Waals surface area contributed by atoms with Crippen LogP contribution in [-0.4, -0.2) is 31.6 Å². The molecule has 0 aliphatic heterocycles. The molecule has 2 heterocycles. The molecule has 1 atom stereocenters. The van der Waals surface area contributed by atoms with E-state index < -0.39 is 17.7 Å². The maximum Gasteiger partial charge on any atom is 0.175 e. The van der Waals surface area contributed by atoms with Crippen LogP contribution >= 0.6 is 0 Å². The monoisotopic (exact) mass is 331 g/mol. The Morgan fingerprint density at radius 3 is 2.46 bits per heavy atom. The van der Waals surface area contributed by atoms with Crippen molar-refractivity contribution in [1.29, 1.82) is 0 Å². The van der Waals surface area contributed by atoms with Gasteiger partial charge in [0, 0.05) is 12.7 Å². The summed E-state index contributed by atoms with van der Waals surface area (Å²) >= 11 is 0. The van der Waals surface area contributed by atoms with E-state index in [1.165, 1.54) is 6.07 Å². The van der Waals surface area contributed by atoms with Crippen LogP contribution in [0.25, 0.3) is 5.82 Å². The molecule has 0 radical (unpaired) electrons. The Kier molecular flexibility index (Phi) is 4.48. The maximum atomic E-state index is 13.6. The van der Waals surface area contributed by atoms with Crippen molar-refractivity contribution in [1.82, 2.24) is 20.0 Å². The van der Waals surface area contributed by atoms with Gasteiger partial charge in [-0.3, -0.25) is 0 Å². The van der Waals surface area contributed by atoms with Gasteiger partial charge in [0.25, 0.3) is 0 Å². The van der Waals surface area contributed by atoms with Gasteiger partial charge in [0.05, 0.1) is 11.3 Å². The van der Waals surface area contributed by atoms with E-state index in [2.05, 4.69) is 20.6 Å². The van der Waals surface area contributed by atoms with Crippen molar-refractivity contribution in [3.63, 3.8) is 0 Å². The van der Waals surface area contributed by atoms with E-state index in [4.69, 9.17) is 0 Å². The molecule has 0 aliphatic carbocycles. The van der Waals surface area contributed by atoms with Crippen LogP contribution in [0.5, 0.6) is 0 Å². The fourth-order valence-electron chi connectivity index (χ4n) is 2.22. The molecule has 8 heteroatoms. The fraction of sp³-hybridized carbons (Fsp3) is 0.188. The fourth-order valence-corrected chi connectivity index (χ4v) is 2.22. The Hall–Kier alpha value is -2.87. The smallest absolute Gasteiger partial charge is 0.175 e. The van der Waals surface area contributed by atoms with Gasteiger partial charge in [0.2, 0.25) is 0 Å². The standard InChI is InChI=1S/C16H15F2N5O/c1-10-7-8-23(22-10)15-6-5-14(20-21-15)19-9-13(24)16-11(17)3-2-4-12(16)18/h2-8,13,24H,9H2,1H3,(H,19,20). The third kappa shape index (κ3) is 3.38. The molecule has 6 nitrogen and oxygen atoms in total. The van der Waals surface area contributed by atoms with Gasteiger partial charge in [0.15, 0.2) is 5.82 Å². The molecule has 2 aromatic heterocycles. The van der Waals surface area contributed by atoms with Gasteiger partial charge >= 0.3 is 0 Å². The molecule has 1 aromatic carbocycles. The number of hydrogen-bond donors (Lipinski definition) is 2. The number of benzene rings is 1. The second-order valence-corrected chi connectivity index (χ2v) is 5.21. The summed E-state index contributed by atoms with van der Waals surface area (Å²) in [4.78, 5) is 0. The molecular formula is C16H15F2N5O. The summed E-state index contributed by atoms with van der Waals surface area (Å²) in [5, 5.41) is 24.9. The first kappa shape index (κ1) is 16.0. The summed E-state index contributed by atoms with van der Waals surface area (Å²) in [5.74, 6) is -0.674. The number of anilines is 1. The van der Waals surface area contributed by atoms with Crippen molar-refractivity contribution in [3.8, 4) is 5.82 Å². The van der Waals surface area contributed by atoms with E-state index in [0.29, 0.717) is 11.6 Å².